The molecule has 4 N–H and O–H groups in total. The summed E-state index contributed by atoms with van der Waals surface area (Å²) in [6.45, 7) is 0.00520. The molecule has 0 atom stereocenters. The highest BCUT2D eigenvalue weighted by Crippen LogP contribution is 2.16. The normalized spacial score (nSPS) is 11.1. The van der Waals surface area contributed by atoms with Crippen molar-refractivity contribution in [2.45, 2.75) is 6.61 Å². The van der Waals surface area contributed by atoms with E-state index in [0.717, 1.165) is 0 Å². The van der Waals surface area contributed by atoms with Gasteiger partial charge in [-0.25, -0.2) is 10.1 Å². The molecule has 0 aliphatic rings. The molecule has 1 amide bonds. The van der Waals surface area contributed by atoms with E-state index in [0.29, 0.717) is 5.56 Å². The van der Waals surface area contributed by atoms with Gasteiger partial charge in [-0.15, -0.1) is 5.10 Å². The Morgan fingerprint density at radius 2 is 2.27 bits per heavy atom. The number of hydrazone groups is 1. The number of carbonyl (C=O) groups excluding carboxylic acids is 1. The van der Waals surface area contributed by atoms with Gasteiger partial charge in [0, 0.05) is 12.7 Å². The van der Waals surface area contributed by atoms with Crippen molar-refractivity contribution in [1.29, 1.82) is 0 Å². The molecule has 12 nitrogen and oxygen atoms in total. The Bertz CT molecular complexity index is 948. The number of rotatable bonds is 6. The third kappa shape index (κ3) is 3.34. The van der Waals surface area contributed by atoms with Crippen molar-refractivity contribution >= 4 is 17.9 Å². The summed E-state index contributed by atoms with van der Waals surface area (Å²) in [5.41, 5.74) is 8.63. The zero-order valence-electron chi connectivity index (χ0n) is 13.5. The monoisotopic (exact) mass is 358 g/mol. The van der Waals surface area contributed by atoms with Gasteiger partial charge in [-0.3, -0.25) is 4.79 Å². The number of para-hydroxylation sites is 1. The van der Waals surface area contributed by atoms with Gasteiger partial charge in [0.2, 0.25) is 11.6 Å². The number of nitrogen functional groups attached to an aromatic ring is 1. The van der Waals surface area contributed by atoms with E-state index in [9.17, 15) is 9.90 Å². The average molecular weight is 358 g/mol. The number of methoxy groups -OCH3 is 1. The highest BCUT2D eigenvalue weighted by Gasteiger charge is 2.23. The van der Waals surface area contributed by atoms with Crippen molar-refractivity contribution in [3.8, 4) is 11.6 Å². The fourth-order valence-electron chi connectivity index (χ4n) is 2.06. The van der Waals surface area contributed by atoms with Crippen molar-refractivity contribution in [3.63, 3.8) is 0 Å². The number of carbonyl (C=O) groups is 1. The smallest absolute Gasteiger partial charge is 0.293 e. The molecule has 2 heterocycles. The molecule has 3 rings (SSSR count). The standard InChI is InChI=1S/C14H14N8O4/c1-25-7-9-11(17-21-22(9)13-12(15)19-26-20-13)14(24)18-16-6-8-4-2-3-5-10(8)23/h2-6,23H,7H2,1H3,(H2,15,19)(H,18,24)/b16-6-. The quantitative estimate of drug-likeness (QED) is 0.401. The van der Waals surface area contributed by atoms with Gasteiger partial charge in [0.05, 0.1) is 12.8 Å². The molecule has 0 fully saturated rings. The zero-order valence-corrected chi connectivity index (χ0v) is 13.5. The molecule has 0 aliphatic carbocycles. The summed E-state index contributed by atoms with van der Waals surface area (Å²) in [6, 6.07) is 6.53. The Morgan fingerprint density at radius 3 is 2.96 bits per heavy atom. The number of amides is 1. The molecule has 0 saturated carbocycles. The van der Waals surface area contributed by atoms with Gasteiger partial charge in [-0.05, 0) is 22.4 Å². The van der Waals surface area contributed by atoms with Gasteiger partial charge >= 0.3 is 0 Å². The second-order valence-electron chi connectivity index (χ2n) is 4.96. The molecule has 0 bridgehead atoms. The molecule has 0 unspecified atom stereocenters. The van der Waals surface area contributed by atoms with Crippen molar-refractivity contribution in [2.24, 2.45) is 5.10 Å². The molecule has 134 valence electrons. The van der Waals surface area contributed by atoms with Crippen LogP contribution in [-0.4, -0.2) is 49.6 Å². The molecule has 12 heteroatoms. The molecule has 0 aliphatic heterocycles. The fraction of sp³-hybridized carbons (Fsp3) is 0.143. The van der Waals surface area contributed by atoms with Crippen LogP contribution in [0.15, 0.2) is 34.0 Å². The van der Waals surface area contributed by atoms with Crippen molar-refractivity contribution in [2.75, 3.05) is 12.8 Å². The van der Waals surface area contributed by atoms with Gasteiger partial charge in [-0.1, -0.05) is 17.3 Å². The summed E-state index contributed by atoms with van der Waals surface area (Å²) < 4.78 is 10.8. The summed E-state index contributed by atoms with van der Waals surface area (Å²) >= 11 is 0. The van der Waals surface area contributed by atoms with Crippen LogP contribution in [-0.2, 0) is 11.3 Å². The van der Waals surface area contributed by atoms with E-state index in [1.807, 2.05) is 0 Å². The largest absolute Gasteiger partial charge is 0.507 e. The molecular weight excluding hydrogens is 344 g/mol. The molecule has 0 spiro atoms. The number of ether oxygens (including phenoxy) is 1. The minimum Gasteiger partial charge on any atom is -0.507 e. The first kappa shape index (κ1) is 17.0. The van der Waals surface area contributed by atoms with E-state index in [-0.39, 0.29) is 35.4 Å². The number of nitrogens with zero attached hydrogens (tertiary/aromatic N) is 6. The molecule has 1 aromatic carbocycles. The number of aromatic hydroxyl groups is 1. The zero-order chi connectivity index (χ0) is 18.5. The van der Waals surface area contributed by atoms with Crippen LogP contribution in [0.5, 0.6) is 5.75 Å². The number of nitrogens with two attached hydrogens (primary N) is 1. The molecule has 2 aromatic heterocycles. The maximum atomic E-state index is 12.3. The number of aromatic nitrogens is 5. The first-order chi connectivity index (χ1) is 12.6. The third-order valence-corrected chi connectivity index (χ3v) is 3.26. The Hall–Kier alpha value is -3.80. The molecule has 0 saturated heterocycles. The SMILES string of the molecule is COCc1c(C(=O)N/N=C\c2ccccc2O)nnn1-c1nonc1N. The number of anilines is 1. The third-order valence-electron chi connectivity index (χ3n) is 3.26. The number of phenolic OH excluding ortho intramolecular Hbond substituents is 1. The first-order valence-corrected chi connectivity index (χ1v) is 7.25. The average Bonchev–Trinajstić information content (AvgIpc) is 3.23. The van der Waals surface area contributed by atoms with Crippen molar-refractivity contribution in [3.05, 3.63) is 41.2 Å². The molecule has 26 heavy (non-hydrogen) atoms. The Labute approximate surface area is 146 Å². The molecular formula is C14H14N8O4. The van der Waals surface area contributed by atoms with Gasteiger partial charge in [0.1, 0.15) is 11.4 Å². The lowest BCUT2D eigenvalue weighted by Crippen LogP contribution is -2.20. The minimum atomic E-state index is -0.634. The van der Waals surface area contributed by atoms with Crippen LogP contribution in [0.25, 0.3) is 5.82 Å². The van der Waals surface area contributed by atoms with Gasteiger partial charge in [-0.2, -0.15) is 9.78 Å². The predicted molar refractivity (Wildman–Crippen MR) is 87.5 cm³/mol. The number of hydrogen-bond acceptors (Lipinski definition) is 10. The summed E-state index contributed by atoms with van der Waals surface area (Å²) in [7, 11) is 1.44. The lowest BCUT2D eigenvalue weighted by molar-refractivity contribution is 0.0944. The lowest BCUT2D eigenvalue weighted by Gasteiger charge is -2.04. The highest BCUT2D eigenvalue weighted by molar-refractivity contribution is 5.94. The van der Waals surface area contributed by atoms with Crippen LogP contribution in [0.1, 0.15) is 21.7 Å². The van der Waals surface area contributed by atoms with Crippen LogP contribution < -0.4 is 11.2 Å². The molecule has 0 radical (unpaired) electrons. The fourth-order valence-corrected chi connectivity index (χ4v) is 2.06. The van der Waals surface area contributed by atoms with Gasteiger partial charge < -0.3 is 15.6 Å². The maximum absolute atomic E-state index is 12.3. The van der Waals surface area contributed by atoms with Crippen LogP contribution in [0.2, 0.25) is 0 Å². The van der Waals surface area contributed by atoms with E-state index in [1.165, 1.54) is 24.1 Å². The van der Waals surface area contributed by atoms with E-state index in [2.05, 4.69) is 35.8 Å². The minimum absolute atomic E-state index is 0.00520. The number of nitrogens with one attached hydrogen (secondary N) is 1. The summed E-state index contributed by atoms with van der Waals surface area (Å²) in [4.78, 5) is 12.3. The van der Waals surface area contributed by atoms with Gasteiger partial charge in [0.25, 0.3) is 5.91 Å². The van der Waals surface area contributed by atoms with Crippen molar-refractivity contribution < 1.29 is 19.3 Å². The maximum Gasteiger partial charge on any atom is 0.293 e. The molecule has 3 aromatic rings. The van der Waals surface area contributed by atoms with Crippen LogP contribution in [0, 0.1) is 0 Å². The highest BCUT2D eigenvalue weighted by atomic mass is 16.6. The Kier molecular flexibility index (Phi) is 4.85. The van der Waals surface area contributed by atoms with Crippen LogP contribution in [0.4, 0.5) is 5.82 Å². The summed E-state index contributed by atoms with van der Waals surface area (Å²) in [5, 5.41) is 28.2. The van der Waals surface area contributed by atoms with E-state index in [4.69, 9.17) is 10.5 Å². The topological polar surface area (TPSA) is 167 Å². The first-order valence-electron chi connectivity index (χ1n) is 7.25. The number of phenols is 1. The Morgan fingerprint density at radius 1 is 1.46 bits per heavy atom. The lowest BCUT2D eigenvalue weighted by atomic mass is 10.2. The van der Waals surface area contributed by atoms with Crippen LogP contribution in [0.3, 0.4) is 0 Å². The number of hydrogen-bond donors (Lipinski definition) is 3. The second kappa shape index (κ2) is 7.40. The van der Waals surface area contributed by atoms with E-state index in [1.54, 1.807) is 18.2 Å². The predicted octanol–water partition coefficient (Wildman–Crippen LogP) is -0.152. The summed E-state index contributed by atoms with van der Waals surface area (Å²) in [6.07, 6.45) is 1.30. The van der Waals surface area contributed by atoms with E-state index >= 15 is 0 Å². The van der Waals surface area contributed by atoms with Gasteiger partial charge in [0.15, 0.2) is 5.69 Å². The number of benzene rings is 1. The van der Waals surface area contributed by atoms with Crippen molar-refractivity contribution in [1.82, 2.24) is 30.7 Å². The summed E-state index contributed by atoms with van der Waals surface area (Å²) in [5.74, 6) is -0.534. The van der Waals surface area contributed by atoms with Crippen LogP contribution >= 0.6 is 0 Å². The Balaban J connectivity index is 1.82. The van der Waals surface area contributed by atoms with E-state index < -0.39 is 5.91 Å². The second-order valence-corrected chi connectivity index (χ2v) is 4.96.